The Labute approximate surface area is 210 Å². The lowest BCUT2D eigenvalue weighted by atomic mass is 9.84. The van der Waals surface area contributed by atoms with Gasteiger partial charge < -0.3 is 14.6 Å². The largest absolute Gasteiger partial charge is 0.363 e. The van der Waals surface area contributed by atoms with E-state index in [-0.39, 0.29) is 11.5 Å². The standard InChI is InChI=1S/C24H25ClF2N6OS/c1-15-16(13-33(31-15)22-17(3-2-6-30-22)21-28-7-8-29-21)12-32-9-4-23(5-10-32)20-18(11-19(25)35-20)24(26,27)14-34-23/h2-3,6-8,11,16H,4-5,9-10,12-14H2,1H3,(H,28,29). The number of thiophene rings is 1. The second kappa shape index (κ2) is 8.62. The van der Waals surface area contributed by atoms with Gasteiger partial charge in [0.05, 0.1) is 16.4 Å². The van der Waals surface area contributed by atoms with Crippen LogP contribution in [0.25, 0.3) is 11.4 Å². The number of imidazole rings is 1. The van der Waals surface area contributed by atoms with Crippen LogP contribution < -0.4 is 5.01 Å². The second-order valence-corrected chi connectivity index (χ2v) is 11.1. The molecule has 3 aromatic heterocycles. The van der Waals surface area contributed by atoms with Crippen molar-refractivity contribution < 1.29 is 13.5 Å². The summed E-state index contributed by atoms with van der Waals surface area (Å²) < 4.78 is 35.1. The average molecular weight is 519 g/mol. The number of ether oxygens (including phenoxy) is 1. The first kappa shape index (κ1) is 23.0. The fourth-order valence-corrected chi connectivity index (χ4v) is 6.78. The molecule has 3 aliphatic rings. The van der Waals surface area contributed by atoms with Gasteiger partial charge in [-0.15, -0.1) is 11.3 Å². The van der Waals surface area contributed by atoms with E-state index in [1.165, 1.54) is 17.4 Å². The highest BCUT2D eigenvalue weighted by molar-refractivity contribution is 7.16. The number of piperidine rings is 1. The normalized spacial score (nSPS) is 23.5. The number of H-pyrrole nitrogens is 1. The number of hydrogen-bond donors (Lipinski definition) is 1. The molecule has 11 heteroatoms. The summed E-state index contributed by atoms with van der Waals surface area (Å²) in [4.78, 5) is 15.1. The van der Waals surface area contributed by atoms with E-state index >= 15 is 0 Å². The maximum Gasteiger partial charge on any atom is 0.297 e. The van der Waals surface area contributed by atoms with Crippen molar-refractivity contribution >= 4 is 34.5 Å². The van der Waals surface area contributed by atoms with Gasteiger partial charge in [0.2, 0.25) is 0 Å². The lowest BCUT2D eigenvalue weighted by Crippen LogP contribution is -2.50. The summed E-state index contributed by atoms with van der Waals surface area (Å²) >= 11 is 7.37. The molecule has 0 bridgehead atoms. The Bertz CT molecular complexity index is 1250. The van der Waals surface area contributed by atoms with Crippen LogP contribution in [0, 0.1) is 5.92 Å². The van der Waals surface area contributed by atoms with E-state index in [1.54, 1.807) is 18.6 Å². The summed E-state index contributed by atoms with van der Waals surface area (Å²) in [6.07, 6.45) is 6.62. The minimum absolute atomic E-state index is 0.0457. The fraction of sp³-hybridized carbons (Fsp3) is 0.458. The predicted molar refractivity (Wildman–Crippen MR) is 132 cm³/mol. The van der Waals surface area contributed by atoms with Crippen LogP contribution in [0.5, 0.6) is 0 Å². The van der Waals surface area contributed by atoms with E-state index in [4.69, 9.17) is 21.4 Å². The summed E-state index contributed by atoms with van der Waals surface area (Å²) in [5.74, 6) is -1.20. The van der Waals surface area contributed by atoms with Crippen LogP contribution in [-0.2, 0) is 16.3 Å². The average Bonchev–Trinajstić information content (AvgIpc) is 3.60. The maximum atomic E-state index is 14.4. The molecule has 0 aromatic carbocycles. The van der Waals surface area contributed by atoms with E-state index < -0.39 is 18.1 Å². The zero-order valence-electron chi connectivity index (χ0n) is 19.2. The SMILES string of the molecule is CC1=NN(c2ncccc2-c2ncc[nH]2)CC1CN1CCC2(CC1)OCC(F)(F)c1cc(Cl)sc12. The summed E-state index contributed by atoms with van der Waals surface area (Å²) in [5, 5.41) is 6.76. The Morgan fingerprint density at radius 3 is 2.86 bits per heavy atom. The third-order valence-corrected chi connectivity index (χ3v) is 8.68. The van der Waals surface area contributed by atoms with Crippen molar-refractivity contribution in [3.05, 3.63) is 51.6 Å². The lowest BCUT2D eigenvalue weighted by molar-refractivity contribution is -0.181. The molecule has 0 radical (unpaired) electrons. The molecule has 1 unspecified atom stereocenters. The van der Waals surface area contributed by atoms with E-state index in [2.05, 4.69) is 26.8 Å². The maximum absolute atomic E-state index is 14.4. The first-order chi connectivity index (χ1) is 16.8. The van der Waals surface area contributed by atoms with Crippen LogP contribution >= 0.6 is 22.9 Å². The van der Waals surface area contributed by atoms with Gasteiger partial charge in [0.15, 0.2) is 5.82 Å². The number of likely N-dealkylation sites (tertiary alicyclic amines) is 1. The van der Waals surface area contributed by atoms with Crippen LogP contribution in [0.4, 0.5) is 14.6 Å². The number of nitrogens with zero attached hydrogens (tertiary/aromatic N) is 5. The smallest absolute Gasteiger partial charge is 0.297 e. The minimum atomic E-state index is -2.98. The molecule has 7 nitrogen and oxygen atoms in total. The van der Waals surface area contributed by atoms with Crippen LogP contribution in [0.2, 0.25) is 4.34 Å². The number of hydrazone groups is 1. The third-order valence-electron chi connectivity index (χ3n) is 7.23. The van der Waals surface area contributed by atoms with Crippen LogP contribution in [0.3, 0.4) is 0 Å². The molecule has 1 N–H and O–H groups in total. The number of nitrogens with one attached hydrogen (secondary N) is 1. The number of rotatable bonds is 4. The minimum Gasteiger partial charge on any atom is -0.363 e. The highest BCUT2D eigenvalue weighted by Crippen LogP contribution is 2.52. The van der Waals surface area contributed by atoms with E-state index in [0.717, 1.165) is 49.1 Å². The quantitative estimate of drug-likeness (QED) is 0.519. The molecular weight excluding hydrogens is 494 g/mol. The lowest BCUT2D eigenvalue weighted by Gasteiger charge is -2.45. The first-order valence-electron chi connectivity index (χ1n) is 11.7. The van der Waals surface area contributed by atoms with Gasteiger partial charge in [-0.25, -0.2) is 15.0 Å². The zero-order chi connectivity index (χ0) is 24.2. The number of alkyl halides is 2. The number of halogens is 3. The Balaban J connectivity index is 1.14. The Morgan fingerprint density at radius 2 is 2.09 bits per heavy atom. The van der Waals surface area contributed by atoms with E-state index in [1.807, 2.05) is 17.1 Å². The second-order valence-electron chi connectivity index (χ2n) is 9.41. The monoisotopic (exact) mass is 518 g/mol. The van der Waals surface area contributed by atoms with E-state index in [9.17, 15) is 8.78 Å². The van der Waals surface area contributed by atoms with Gasteiger partial charge in [-0.2, -0.15) is 13.9 Å². The molecule has 0 aliphatic carbocycles. The van der Waals surface area contributed by atoms with Gasteiger partial charge in [0, 0.05) is 60.3 Å². The molecule has 184 valence electrons. The van der Waals surface area contributed by atoms with Gasteiger partial charge >= 0.3 is 0 Å². The number of aromatic amines is 1. The summed E-state index contributed by atoms with van der Waals surface area (Å²) in [6, 6.07) is 5.30. The van der Waals surface area contributed by atoms with Gasteiger partial charge in [-0.1, -0.05) is 11.6 Å². The van der Waals surface area contributed by atoms with Gasteiger partial charge in [0.25, 0.3) is 5.92 Å². The van der Waals surface area contributed by atoms with E-state index in [0.29, 0.717) is 22.1 Å². The van der Waals surface area contributed by atoms with Crippen molar-refractivity contribution in [3.8, 4) is 11.4 Å². The van der Waals surface area contributed by atoms with Crippen molar-refractivity contribution in [1.29, 1.82) is 0 Å². The van der Waals surface area contributed by atoms with Crippen molar-refractivity contribution in [2.24, 2.45) is 11.0 Å². The van der Waals surface area contributed by atoms with Crippen LogP contribution in [0.1, 0.15) is 30.2 Å². The highest BCUT2D eigenvalue weighted by Gasteiger charge is 2.51. The number of hydrogen-bond acceptors (Lipinski definition) is 7. The number of pyridine rings is 1. The van der Waals surface area contributed by atoms with Gasteiger partial charge in [0.1, 0.15) is 18.0 Å². The molecule has 6 heterocycles. The predicted octanol–water partition coefficient (Wildman–Crippen LogP) is 5.11. The number of anilines is 1. The number of fused-ring (bicyclic) bond motifs is 2. The van der Waals surface area contributed by atoms with Crippen LogP contribution in [-0.4, -0.2) is 58.3 Å². The molecule has 6 rings (SSSR count). The topological polar surface area (TPSA) is 69.6 Å². The van der Waals surface area contributed by atoms with Crippen LogP contribution in [0.15, 0.2) is 41.9 Å². The molecule has 35 heavy (non-hydrogen) atoms. The molecule has 1 fully saturated rings. The van der Waals surface area contributed by atoms with Crippen molar-refractivity contribution in [2.75, 3.05) is 37.8 Å². The molecule has 0 amide bonds. The summed E-state index contributed by atoms with van der Waals surface area (Å²) in [7, 11) is 0. The van der Waals surface area contributed by atoms with Gasteiger partial charge in [-0.3, -0.25) is 0 Å². The molecule has 1 spiro atoms. The Hall–Kier alpha value is -2.40. The number of aromatic nitrogens is 3. The molecule has 3 aromatic rings. The third kappa shape index (κ3) is 4.06. The van der Waals surface area contributed by atoms with Gasteiger partial charge in [-0.05, 0) is 38.0 Å². The Morgan fingerprint density at radius 1 is 1.26 bits per heavy atom. The summed E-state index contributed by atoms with van der Waals surface area (Å²) in [6.45, 7) is 4.58. The first-order valence-corrected chi connectivity index (χ1v) is 12.9. The molecule has 3 aliphatic heterocycles. The zero-order valence-corrected chi connectivity index (χ0v) is 20.8. The van der Waals surface area contributed by atoms with Crippen molar-refractivity contribution in [2.45, 2.75) is 31.3 Å². The molecule has 1 atom stereocenters. The van der Waals surface area contributed by atoms with Crippen molar-refractivity contribution in [1.82, 2.24) is 19.9 Å². The summed E-state index contributed by atoms with van der Waals surface area (Å²) in [5.41, 5.74) is 1.35. The molecule has 1 saturated heterocycles. The Kier molecular flexibility index (Phi) is 5.67. The fourth-order valence-electron chi connectivity index (χ4n) is 5.30. The molecule has 0 saturated carbocycles. The van der Waals surface area contributed by atoms with Crippen molar-refractivity contribution in [3.63, 3.8) is 0 Å². The highest BCUT2D eigenvalue weighted by atomic mass is 35.5. The molecular formula is C24H25ClF2N6OS.